The van der Waals surface area contributed by atoms with E-state index in [9.17, 15) is 0 Å². The zero-order chi connectivity index (χ0) is 29.2. The summed E-state index contributed by atoms with van der Waals surface area (Å²) in [5, 5.41) is 6.11. The Kier molecular flexibility index (Phi) is 7.68. The molecule has 3 heterocycles. The molecule has 0 unspecified atom stereocenters. The lowest BCUT2D eigenvalue weighted by Gasteiger charge is -2.14. The molecule has 0 spiro atoms. The van der Waals surface area contributed by atoms with Gasteiger partial charge in [-0.15, -0.1) is 5.10 Å². The Morgan fingerprint density at radius 2 is 1.74 bits per heavy atom. The van der Waals surface area contributed by atoms with E-state index in [-0.39, 0.29) is 6.61 Å². The molecule has 0 radical (unpaired) electrons. The number of hydrogen-bond donors (Lipinski definition) is 0. The minimum atomic E-state index is 0.256. The van der Waals surface area contributed by atoms with Crippen LogP contribution in [-0.4, -0.2) is 43.0 Å². The maximum absolute atomic E-state index is 6.51. The quantitative estimate of drug-likeness (QED) is 0.153. The van der Waals surface area contributed by atoms with Crippen molar-refractivity contribution in [1.82, 2.24) is 14.6 Å². The third-order valence-corrected chi connectivity index (χ3v) is 7.81. The lowest BCUT2D eigenvalue weighted by molar-refractivity contribution is 0.295. The van der Waals surface area contributed by atoms with Crippen LogP contribution in [0.25, 0.3) is 27.4 Å². The van der Waals surface area contributed by atoms with Gasteiger partial charge >= 0.3 is 0 Å². The van der Waals surface area contributed by atoms with Crippen LogP contribution in [-0.2, 0) is 13.2 Å². The molecule has 0 fully saturated rings. The molecule has 0 saturated heterocycles. The van der Waals surface area contributed by atoms with Gasteiger partial charge in [0.15, 0.2) is 17.3 Å². The molecule has 0 amide bonds. The highest BCUT2D eigenvalue weighted by Gasteiger charge is 2.18. The maximum Gasteiger partial charge on any atom is 0.294 e. The van der Waals surface area contributed by atoms with Crippen LogP contribution >= 0.6 is 22.9 Å². The van der Waals surface area contributed by atoms with E-state index in [1.54, 1.807) is 45.2 Å². The molecule has 42 heavy (non-hydrogen) atoms. The van der Waals surface area contributed by atoms with Crippen molar-refractivity contribution < 1.29 is 32.8 Å². The zero-order valence-electron chi connectivity index (χ0n) is 23.2. The number of nitrogens with zero attached hydrogens (tertiary/aromatic N) is 3. The van der Waals surface area contributed by atoms with E-state index in [0.29, 0.717) is 67.6 Å². The van der Waals surface area contributed by atoms with E-state index < -0.39 is 0 Å². The molecule has 0 aliphatic rings. The molecule has 6 aromatic rings. The number of rotatable bonds is 11. The minimum Gasteiger partial charge on any atom is -0.496 e. The molecule has 0 aliphatic carbocycles. The van der Waals surface area contributed by atoms with Crippen molar-refractivity contribution >= 4 is 38.9 Å². The predicted octanol–water partition coefficient (Wildman–Crippen LogP) is 7.05. The topological polar surface area (TPSA) is 98.7 Å². The van der Waals surface area contributed by atoms with Gasteiger partial charge in [-0.3, -0.25) is 0 Å². The van der Waals surface area contributed by atoms with Crippen LogP contribution in [0, 0.1) is 0 Å². The smallest absolute Gasteiger partial charge is 0.294 e. The van der Waals surface area contributed by atoms with Gasteiger partial charge in [-0.25, -0.2) is 9.50 Å². The average Bonchev–Trinajstić information content (AvgIpc) is 3.72. The van der Waals surface area contributed by atoms with Crippen molar-refractivity contribution in [2.24, 2.45) is 0 Å². The number of imidazole rings is 1. The monoisotopic (exact) mass is 607 g/mol. The fraction of sp³-hybridized carbons (Fsp3) is 0.200. The van der Waals surface area contributed by atoms with Gasteiger partial charge in [0.2, 0.25) is 4.96 Å². The van der Waals surface area contributed by atoms with Gasteiger partial charge in [0.05, 0.1) is 45.0 Å². The highest BCUT2D eigenvalue weighted by molar-refractivity contribution is 7.18. The number of methoxy groups -OCH3 is 4. The molecule has 3 aromatic heterocycles. The van der Waals surface area contributed by atoms with Crippen molar-refractivity contribution in [2.75, 3.05) is 28.4 Å². The van der Waals surface area contributed by atoms with Gasteiger partial charge in [0.25, 0.3) is 5.19 Å². The molecular formula is C30H26ClN3O7S. The second-order valence-corrected chi connectivity index (χ2v) is 10.4. The first-order valence-corrected chi connectivity index (χ1v) is 13.9. The van der Waals surface area contributed by atoms with E-state index in [4.69, 9.17) is 44.4 Å². The molecule has 0 aliphatic heterocycles. The highest BCUT2D eigenvalue weighted by Crippen LogP contribution is 2.39. The first-order valence-electron chi connectivity index (χ1n) is 12.8. The van der Waals surface area contributed by atoms with E-state index in [0.717, 1.165) is 16.5 Å². The Labute approximate surface area is 249 Å². The predicted molar refractivity (Wildman–Crippen MR) is 159 cm³/mol. The van der Waals surface area contributed by atoms with Crippen molar-refractivity contribution in [3.8, 4) is 45.4 Å². The Morgan fingerprint density at radius 1 is 0.857 bits per heavy atom. The summed E-state index contributed by atoms with van der Waals surface area (Å²) in [6.45, 7) is 0.549. The standard InChI is InChI=1S/C30H26ClN3O7S/c1-35-20-11-24(21-13-26(41-25(21)12-20)22-14-34-29(32-22)42-30(33-34)38-4)40-15-17-6-5-7-19(10-17)39-16-18-8-9-23(36-2)28(37-3)27(18)31/h5-14H,15-16H2,1-4H3. The Bertz CT molecular complexity index is 1850. The fourth-order valence-corrected chi connectivity index (χ4v) is 5.41. The van der Waals surface area contributed by atoms with E-state index in [1.807, 2.05) is 48.5 Å². The van der Waals surface area contributed by atoms with Gasteiger partial charge < -0.3 is 32.8 Å². The lowest BCUT2D eigenvalue weighted by Crippen LogP contribution is -2.01. The molecule has 6 rings (SSSR count). The summed E-state index contributed by atoms with van der Waals surface area (Å²) in [7, 11) is 6.29. The van der Waals surface area contributed by atoms with Gasteiger partial charge in [-0.2, -0.15) is 0 Å². The number of hydrogen-bond acceptors (Lipinski definition) is 10. The summed E-state index contributed by atoms with van der Waals surface area (Å²) in [6, 6.07) is 16.9. The Balaban J connectivity index is 1.20. The van der Waals surface area contributed by atoms with Crippen LogP contribution in [0.2, 0.25) is 5.02 Å². The number of ether oxygens (including phenoxy) is 6. The lowest BCUT2D eigenvalue weighted by atomic mass is 10.2. The van der Waals surface area contributed by atoms with Gasteiger partial charge in [-0.05, 0) is 41.2 Å². The number of aromatic nitrogens is 3. The largest absolute Gasteiger partial charge is 0.496 e. The summed E-state index contributed by atoms with van der Waals surface area (Å²) in [6.07, 6.45) is 1.80. The molecule has 0 N–H and O–H groups in total. The van der Waals surface area contributed by atoms with E-state index in [2.05, 4.69) is 10.1 Å². The van der Waals surface area contributed by atoms with Crippen LogP contribution in [0.3, 0.4) is 0 Å². The number of furan rings is 1. The normalized spacial score (nSPS) is 11.2. The summed E-state index contributed by atoms with van der Waals surface area (Å²) < 4.78 is 41.5. The maximum atomic E-state index is 6.51. The molecule has 0 saturated carbocycles. The van der Waals surface area contributed by atoms with Gasteiger partial charge in [0, 0.05) is 17.7 Å². The second kappa shape index (κ2) is 11.7. The third kappa shape index (κ3) is 5.36. The fourth-order valence-electron chi connectivity index (χ4n) is 4.42. The highest BCUT2D eigenvalue weighted by atomic mass is 35.5. The zero-order valence-corrected chi connectivity index (χ0v) is 24.7. The van der Waals surface area contributed by atoms with Crippen molar-refractivity contribution in [3.63, 3.8) is 0 Å². The minimum absolute atomic E-state index is 0.256. The SMILES string of the molecule is COc1cc(OCc2cccc(OCc3ccc(OC)c(OC)c3Cl)c2)c2cc(-c3cn4nc(OC)sc4n3)oc2c1. The van der Waals surface area contributed by atoms with Crippen molar-refractivity contribution in [2.45, 2.75) is 13.2 Å². The van der Waals surface area contributed by atoms with Gasteiger partial charge in [-0.1, -0.05) is 29.8 Å². The van der Waals surface area contributed by atoms with Crippen LogP contribution < -0.4 is 28.4 Å². The number of halogens is 1. The second-order valence-electron chi connectivity index (χ2n) is 9.07. The first kappa shape index (κ1) is 27.6. The first-order chi connectivity index (χ1) is 20.5. The van der Waals surface area contributed by atoms with Crippen molar-refractivity contribution in [3.05, 3.63) is 76.9 Å². The summed E-state index contributed by atoms with van der Waals surface area (Å²) in [5.74, 6) is 3.52. The summed E-state index contributed by atoms with van der Waals surface area (Å²) >= 11 is 7.86. The van der Waals surface area contributed by atoms with Crippen LogP contribution in [0.4, 0.5) is 0 Å². The van der Waals surface area contributed by atoms with Crippen LogP contribution in [0.1, 0.15) is 11.1 Å². The van der Waals surface area contributed by atoms with Crippen LogP contribution in [0.5, 0.6) is 33.9 Å². The molecule has 216 valence electrons. The number of fused-ring (bicyclic) bond motifs is 2. The number of benzene rings is 3. The third-order valence-electron chi connectivity index (χ3n) is 6.51. The Morgan fingerprint density at radius 3 is 2.50 bits per heavy atom. The van der Waals surface area contributed by atoms with Crippen molar-refractivity contribution in [1.29, 1.82) is 0 Å². The molecule has 3 aromatic carbocycles. The molecule has 10 nitrogen and oxygen atoms in total. The summed E-state index contributed by atoms with van der Waals surface area (Å²) in [4.78, 5) is 5.32. The van der Waals surface area contributed by atoms with Crippen LogP contribution in [0.15, 0.2) is 65.2 Å². The Hall–Kier alpha value is -4.61. The molecule has 0 atom stereocenters. The van der Waals surface area contributed by atoms with E-state index >= 15 is 0 Å². The molecular weight excluding hydrogens is 582 g/mol. The average molecular weight is 608 g/mol. The van der Waals surface area contributed by atoms with E-state index in [1.165, 1.54) is 11.3 Å². The molecule has 0 bridgehead atoms. The summed E-state index contributed by atoms with van der Waals surface area (Å²) in [5.41, 5.74) is 2.96. The molecule has 12 heteroatoms. The van der Waals surface area contributed by atoms with Gasteiger partial charge in [0.1, 0.15) is 41.7 Å².